The second-order valence-electron chi connectivity index (χ2n) is 8.44. The van der Waals surface area contributed by atoms with Crippen LogP contribution in [-0.2, 0) is 6.54 Å². The van der Waals surface area contributed by atoms with Crippen molar-refractivity contribution in [3.05, 3.63) is 70.2 Å². The summed E-state index contributed by atoms with van der Waals surface area (Å²) < 4.78 is 12.4. The van der Waals surface area contributed by atoms with Gasteiger partial charge in [0.15, 0.2) is 17.1 Å². The van der Waals surface area contributed by atoms with Crippen molar-refractivity contribution < 1.29 is 24.2 Å². The molecule has 4 heterocycles. The molecule has 0 saturated carbocycles. The minimum atomic E-state index is -0.381. The zero-order valence-corrected chi connectivity index (χ0v) is 21.7. The molecule has 1 aliphatic heterocycles. The molecule has 0 fully saturated rings. The maximum absolute atomic E-state index is 13.4. The molecule has 0 unspecified atom stereocenters. The van der Waals surface area contributed by atoms with Gasteiger partial charge in [-0.2, -0.15) is 23.1 Å². The zero-order valence-electron chi connectivity index (χ0n) is 20.1. The van der Waals surface area contributed by atoms with Gasteiger partial charge in [-0.05, 0) is 59.7 Å². The molecule has 9 nitrogen and oxygen atoms in total. The van der Waals surface area contributed by atoms with Gasteiger partial charge in [0.1, 0.15) is 11.4 Å². The average molecular weight is 539 g/mol. The first-order valence-corrected chi connectivity index (χ1v) is 14.0. The van der Waals surface area contributed by atoms with Crippen LogP contribution in [0.4, 0.5) is 0 Å². The predicted molar refractivity (Wildman–Crippen MR) is 144 cm³/mol. The highest BCUT2D eigenvalue weighted by molar-refractivity contribution is 7.98. The molecule has 0 spiro atoms. The molecule has 4 aromatic rings. The summed E-state index contributed by atoms with van der Waals surface area (Å²) in [6.07, 6.45) is 4.34. The van der Waals surface area contributed by atoms with Gasteiger partial charge in [0, 0.05) is 23.7 Å². The van der Waals surface area contributed by atoms with Gasteiger partial charge >= 0.3 is 0 Å². The van der Waals surface area contributed by atoms with Gasteiger partial charge in [0.25, 0.3) is 11.8 Å². The van der Waals surface area contributed by atoms with E-state index < -0.39 is 0 Å². The molecule has 2 amide bonds. The molecular formula is C26H26N4O5S2. The number of aliphatic hydroxyl groups is 1. The molecular weight excluding hydrogens is 512 g/mol. The van der Waals surface area contributed by atoms with E-state index >= 15 is 0 Å². The Bertz CT molecular complexity index is 1420. The zero-order chi connectivity index (χ0) is 25.8. The lowest BCUT2D eigenvalue weighted by atomic mass is 10.1. The van der Waals surface area contributed by atoms with E-state index in [-0.39, 0.29) is 37.8 Å². The van der Waals surface area contributed by atoms with E-state index in [0.29, 0.717) is 40.5 Å². The van der Waals surface area contributed by atoms with Gasteiger partial charge in [-0.15, -0.1) is 0 Å². The molecule has 0 bridgehead atoms. The highest BCUT2D eigenvalue weighted by atomic mass is 32.2. The van der Waals surface area contributed by atoms with Crippen LogP contribution in [0.15, 0.2) is 53.4 Å². The van der Waals surface area contributed by atoms with E-state index in [4.69, 9.17) is 14.5 Å². The minimum Gasteiger partial charge on any atom is -0.454 e. The summed E-state index contributed by atoms with van der Waals surface area (Å²) in [4.78, 5) is 31.4. The number of aliphatic hydroxyl groups excluding tert-OH is 1. The first kappa shape index (κ1) is 25.1. The van der Waals surface area contributed by atoms with Crippen molar-refractivity contribution in [2.45, 2.75) is 19.0 Å². The number of aromatic nitrogens is 2. The molecule has 192 valence electrons. The quantitative estimate of drug-likeness (QED) is 0.283. The predicted octanol–water partition coefficient (Wildman–Crippen LogP) is 3.57. The number of thioether (sulfide) groups is 1. The fraction of sp³-hybridized carbons (Fsp3) is 0.269. The minimum absolute atomic E-state index is 0.162. The largest absolute Gasteiger partial charge is 0.454 e. The van der Waals surface area contributed by atoms with Gasteiger partial charge in [0.2, 0.25) is 6.79 Å². The Balaban J connectivity index is 1.45. The van der Waals surface area contributed by atoms with Crippen molar-refractivity contribution in [1.82, 2.24) is 20.0 Å². The summed E-state index contributed by atoms with van der Waals surface area (Å²) >= 11 is 3.15. The lowest BCUT2D eigenvalue weighted by Gasteiger charge is -2.16. The summed E-state index contributed by atoms with van der Waals surface area (Å²) in [5, 5.41) is 19.5. The van der Waals surface area contributed by atoms with Crippen LogP contribution in [0.1, 0.15) is 32.8 Å². The topological polar surface area (TPSA) is 114 Å². The van der Waals surface area contributed by atoms with Crippen LogP contribution >= 0.6 is 23.1 Å². The van der Waals surface area contributed by atoms with Crippen molar-refractivity contribution in [3.63, 3.8) is 0 Å². The van der Waals surface area contributed by atoms with Crippen LogP contribution in [0.2, 0.25) is 0 Å². The smallest absolute Gasteiger partial charge is 0.270 e. The second-order valence-corrected chi connectivity index (χ2v) is 10.2. The van der Waals surface area contributed by atoms with E-state index in [1.165, 1.54) is 11.3 Å². The Morgan fingerprint density at radius 1 is 1.22 bits per heavy atom. The maximum atomic E-state index is 13.4. The highest BCUT2D eigenvalue weighted by Crippen LogP contribution is 2.32. The van der Waals surface area contributed by atoms with E-state index in [9.17, 15) is 14.7 Å². The number of fused-ring (bicyclic) bond motifs is 2. The van der Waals surface area contributed by atoms with Gasteiger partial charge in [0.05, 0.1) is 18.2 Å². The second kappa shape index (κ2) is 11.2. The number of nitrogens with one attached hydrogen (secondary N) is 2. The van der Waals surface area contributed by atoms with Gasteiger partial charge in [-0.25, -0.2) is 4.98 Å². The SMILES string of the molecule is CSCC[C@@H](CO)NC(=O)c1c(-c2ccsc2)nc2c(C(=O)NCc3ccc4c(c3)OCO4)cccn12. The summed E-state index contributed by atoms with van der Waals surface area (Å²) in [5.41, 5.74) is 3.18. The molecule has 1 aromatic carbocycles. The van der Waals surface area contributed by atoms with Crippen LogP contribution in [0, 0.1) is 0 Å². The third kappa shape index (κ3) is 5.29. The Morgan fingerprint density at radius 3 is 2.86 bits per heavy atom. The van der Waals surface area contributed by atoms with Crippen molar-refractivity contribution in [1.29, 1.82) is 0 Å². The molecule has 0 saturated heterocycles. The van der Waals surface area contributed by atoms with E-state index in [2.05, 4.69) is 10.6 Å². The molecule has 3 aromatic heterocycles. The van der Waals surface area contributed by atoms with Gasteiger partial charge in [-0.1, -0.05) is 6.07 Å². The molecule has 11 heteroatoms. The van der Waals surface area contributed by atoms with Crippen LogP contribution in [-0.4, -0.2) is 57.8 Å². The van der Waals surface area contributed by atoms with Crippen LogP contribution < -0.4 is 20.1 Å². The number of carbonyl (C=O) groups excluding carboxylic acids is 2. The Labute approximate surface area is 221 Å². The summed E-state index contributed by atoms with van der Waals surface area (Å²) in [7, 11) is 0. The van der Waals surface area contributed by atoms with Gasteiger partial charge < -0.3 is 25.2 Å². The fourth-order valence-electron chi connectivity index (χ4n) is 4.11. The normalized spacial score (nSPS) is 13.0. The number of pyridine rings is 1. The van der Waals surface area contributed by atoms with Crippen molar-refractivity contribution in [2.75, 3.05) is 25.4 Å². The number of nitrogens with zero attached hydrogens (tertiary/aromatic N) is 2. The average Bonchev–Trinajstić information content (AvgIpc) is 3.68. The third-order valence-electron chi connectivity index (χ3n) is 6.02. The molecule has 1 atom stereocenters. The van der Waals surface area contributed by atoms with E-state index in [0.717, 1.165) is 16.9 Å². The Kier molecular flexibility index (Phi) is 7.63. The third-order valence-corrected chi connectivity index (χ3v) is 7.35. The first-order chi connectivity index (χ1) is 18.1. The number of carbonyl (C=O) groups is 2. The van der Waals surface area contributed by atoms with Crippen LogP contribution in [0.3, 0.4) is 0 Å². The molecule has 3 N–H and O–H groups in total. The van der Waals surface area contributed by atoms with E-state index in [1.54, 1.807) is 34.5 Å². The number of hydrogen-bond acceptors (Lipinski definition) is 8. The fourth-order valence-corrected chi connectivity index (χ4v) is 5.27. The number of benzene rings is 1. The molecule has 0 aliphatic carbocycles. The standard InChI is InChI=1S/C26H26N4O5S2/c1-36-9-7-18(13-31)28-26(33)23-22(17-6-10-37-14-17)29-24-19(3-2-8-30(23)24)25(32)27-12-16-4-5-20-21(11-16)35-15-34-20/h2-6,8,10-11,14,18,31H,7,9,12-13,15H2,1H3,(H,27,32)(H,28,33)/t18-/m0/s1. The van der Waals surface area contributed by atoms with Crippen molar-refractivity contribution in [3.8, 4) is 22.8 Å². The lowest BCUT2D eigenvalue weighted by molar-refractivity contribution is 0.0908. The number of thiophene rings is 1. The highest BCUT2D eigenvalue weighted by Gasteiger charge is 2.25. The van der Waals surface area contributed by atoms with Crippen molar-refractivity contribution >= 4 is 40.6 Å². The van der Waals surface area contributed by atoms with E-state index in [1.807, 2.05) is 41.3 Å². The molecule has 1 aliphatic rings. The molecule has 37 heavy (non-hydrogen) atoms. The molecule has 5 rings (SSSR count). The monoisotopic (exact) mass is 538 g/mol. The summed E-state index contributed by atoms with van der Waals surface area (Å²) in [6.45, 7) is 0.311. The first-order valence-electron chi connectivity index (χ1n) is 11.7. The van der Waals surface area contributed by atoms with Crippen molar-refractivity contribution in [2.24, 2.45) is 0 Å². The number of imidazole rings is 1. The lowest BCUT2D eigenvalue weighted by Crippen LogP contribution is -2.38. The number of amides is 2. The number of rotatable bonds is 10. The summed E-state index contributed by atoms with van der Waals surface area (Å²) in [6, 6.07) is 10.4. The Morgan fingerprint density at radius 2 is 2.08 bits per heavy atom. The van der Waals surface area contributed by atoms with Crippen LogP contribution in [0.25, 0.3) is 16.9 Å². The summed E-state index contributed by atoms with van der Waals surface area (Å²) in [5.74, 6) is 1.47. The molecule has 0 radical (unpaired) electrons. The van der Waals surface area contributed by atoms with Gasteiger partial charge in [-0.3, -0.25) is 14.0 Å². The Hall–Kier alpha value is -3.54. The maximum Gasteiger partial charge on any atom is 0.270 e. The van der Waals surface area contributed by atoms with Crippen LogP contribution in [0.5, 0.6) is 11.5 Å². The number of ether oxygens (including phenoxy) is 2. The number of hydrogen-bond donors (Lipinski definition) is 3.